The molecule has 0 aromatic heterocycles. The standard InChI is InChI=1S/C42H63N6Si.3ClH.Ti/c1-26-27(2)29(4)42(28(26)3)49(36-23-20-33(43(8)9)39(30(36)5)46(14)15,37-24-21-34(44(10)11)40(31(37)6)47(16)17)38-25-22-35(45(12)13)41(32(38)7)48(18)19;;;;/h20-25H,1-19H3;3*1H;/q-1;;;;+4/p-3. The minimum absolute atomic E-state index is 0. The Hall–Kier alpha value is -2.39. The SMILES string of the molecule is Cc1c([Si](c2ccc(N(C)C)c(N(C)C)c2C)(c2ccc(N(C)C)c(N(C)C)c2C)[c-]2c(C)c(C)c(C)c2C)ccc(N(C)C)c1N(C)C.[Cl-].[Cl-].[Cl-].[Ti+4]. The summed E-state index contributed by atoms with van der Waals surface area (Å²) in [7, 11) is 23.0. The Kier molecular flexibility index (Phi) is 18.1. The molecule has 0 spiro atoms. The van der Waals surface area contributed by atoms with Crippen molar-refractivity contribution in [1.82, 2.24) is 0 Å². The zero-order valence-corrected chi connectivity index (χ0v) is 40.6. The number of rotatable bonds is 10. The molecule has 0 atom stereocenters. The Morgan fingerprint density at radius 1 is 0.358 bits per heavy atom. The van der Waals surface area contributed by atoms with Gasteiger partial charge in [-0.25, -0.2) is 0 Å². The number of hydrogen-bond acceptors (Lipinski definition) is 6. The van der Waals surface area contributed by atoms with Gasteiger partial charge in [0.1, 0.15) is 8.07 Å². The maximum atomic E-state index is 2.49. The second-order valence-corrected chi connectivity index (χ2v) is 18.9. The Balaban J connectivity index is 0.00000676. The first-order chi connectivity index (χ1) is 22.7. The van der Waals surface area contributed by atoms with Gasteiger partial charge in [0.15, 0.2) is 0 Å². The van der Waals surface area contributed by atoms with Crippen LogP contribution in [-0.2, 0) is 21.7 Å². The van der Waals surface area contributed by atoms with Gasteiger partial charge in [0.2, 0.25) is 0 Å². The zero-order chi connectivity index (χ0) is 37.0. The van der Waals surface area contributed by atoms with E-state index in [-0.39, 0.29) is 58.9 Å². The molecule has 0 unspecified atom stereocenters. The van der Waals surface area contributed by atoms with E-state index in [1.54, 1.807) is 0 Å². The van der Waals surface area contributed by atoms with Crippen molar-refractivity contribution in [2.75, 3.05) is 114 Å². The molecule has 0 heterocycles. The molecule has 0 radical (unpaired) electrons. The van der Waals surface area contributed by atoms with Crippen molar-refractivity contribution >= 4 is 62.9 Å². The van der Waals surface area contributed by atoms with E-state index in [1.807, 2.05) is 0 Å². The van der Waals surface area contributed by atoms with Gasteiger partial charge in [-0.3, -0.25) is 0 Å². The van der Waals surface area contributed by atoms with E-state index in [4.69, 9.17) is 0 Å². The van der Waals surface area contributed by atoms with Crippen LogP contribution >= 0.6 is 0 Å². The zero-order valence-electron chi connectivity index (χ0n) is 35.8. The molecule has 4 aromatic carbocycles. The van der Waals surface area contributed by atoms with E-state index >= 15 is 0 Å². The molecule has 0 aliphatic heterocycles. The van der Waals surface area contributed by atoms with Crippen LogP contribution in [0.15, 0.2) is 36.4 Å². The molecule has 0 bridgehead atoms. The van der Waals surface area contributed by atoms with Crippen LogP contribution in [0.5, 0.6) is 0 Å². The molecular weight excluding hydrogens is 771 g/mol. The van der Waals surface area contributed by atoms with Crippen molar-refractivity contribution in [3.63, 3.8) is 0 Å². The van der Waals surface area contributed by atoms with Gasteiger partial charge in [0.25, 0.3) is 0 Å². The van der Waals surface area contributed by atoms with Crippen LogP contribution in [0.2, 0.25) is 0 Å². The minimum atomic E-state index is -3.07. The summed E-state index contributed by atoms with van der Waals surface area (Å²) in [5, 5.41) is 5.89. The summed E-state index contributed by atoms with van der Waals surface area (Å²) >= 11 is 0. The van der Waals surface area contributed by atoms with Gasteiger partial charge < -0.3 is 66.6 Å². The summed E-state index contributed by atoms with van der Waals surface area (Å²) in [6.07, 6.45) is 0. The van der Waals surface area contributed by atoms with Gasteiger partial charge in [0, 0.05) is 84.6 Å². The third-order valence-corrected chi connectivity index (χ3v) is 16.6. The van der Waals surface area contributed by atoms with Crippen molar-refractivity contribution in [3.05, 3.63) is 75.3 Å². The third-order valence-electron chi connectivity index (χ3n) is 11.0. The monoisotopic (exact) mass is 832 g/mol. The van der Waals surface area contributed by atoms with E-state index in [2.05, 4.69) is 199 Å². The molecule has 4 aromatic rings. The average Bonchev–Trinajstić information content (AvgIpc) is 3.19. The summed E-state index contributed by atoms with van der Waals surface area (Å²) in [4.78, 5) is 13.7. The van der Waals surface area contributed by atoms with Crippen LogP contribution in [0.25, 0.3) is 0 Å². The van der Waals surface area contributed by atoms with Crippen molar-refractivity contribution in [2.45, 2.75) is 48.5 Å². The van der Waals surface area contributed by atoms with Crippen molar-refractivity contribution in [2.24, 2.45) is 0 Å². The molecule has 0 fully saturated rings. The van der Waals surface area contributed by atoms with Crippen LogP contribution in [0, 0.1) is 48.5 Å². The molecule has 0 saturated carbocycles. The van der Waals surface area contributed by atoms with E-state index < -0.39 is 8.07 Å². The fourth-order valence-corrected chi connectivity index (χ4v) is 14.9. The fraction of sp³-hybridized carbons (Fsp3) is 0.452. The van der Waals surface area contributed by atoms with Gasteiger partial charge >= 0.3 is 21.7 Å². The van der Waals surface area contributed by atoms with Gasteiger partial charge in [-0.15, -0.1) is 5.19 Å². The molecule has 0 N–H and O–H groups in total. The Bertz CT molecular complexity index is 1690. The van der Waals surface area contributed by atoms with Gasteiger partial charge in [-0.1, -0.05) is 61.5 Å². The number of anilines is 6. The summed E-state index contributed by atoms with van der Waals surface area (Å²) in [5.74, 6) is 0. The third kappa shape index (κ3) is 8.27. The molecule has 11 heteroatoms. The van der Waals surface area contributed by atoms with Crippen LogP contribution in [0.1, 0.15) is 38.9 Å². The second kappa shape index (κ2) is 19.0. The van der Waals surface area contributed by atoms with Gasteiger partial charge in [0.05, 0.1) is 34.1 Å². The first-order valence-electron chi connectivity index (χ1n) is 17.4. The first kappa shape index (κ1) is 50.6. The predicted molar refractivity (Wildman–Crippen MR) is 225 cm³/mol. The van der Waals surface area contributed by atoms with E-state index in [1.165, 1.54) is 93.8 Å². The van der Waals surface area contributed by atoms with Crippen molar-refractivity contribution in [3.8, 4) is 0 Å². The quantitative estimate of drug-likeness (QED) is 0.0928. The number of nitrogens with zero attached hydrogens (tertiary/aromatic N) is 6. The van der Waals surface area contributed by atoms with Crippen LogP contribution in [0.4, 0.5) is 34.1 Å². The second-order valence-electron chi connectivity index (χ2n) is 15.3. The fourth-order valence-electron chi connectivity index (χ4n) is 8.67. The molecule has 0 saturated heterocycles. The van der Waals surface area contributed by atoms with E-state index in [0.717, 1.165) is 0 Å². The molecular formula is C42H63Cl3N6SiTi. The first-order valence-corrected chi connectivity index (χ1v) is 19.4. The molecule has 0 aliphatic rings. The topological polar surface area (TPSA) is 19.4 Å². The molecule has 4 rings (SSSR count). The van der Waals surface area contributed by atoms with Crippen molar-refractivity contribution in [1.29, 1.82) is 0 Å². The van der Waals surface area contributed by atoms with Gasteiger partial charge in [-0.05, 0) is 55.7 Å². The molecule has 0 aliphatic carbocycles. The molecule has 6 nitrogen and oxygen atoms in total. The summed E-state index contributed by atoms with van der Waals surface area (Å²) in [6, 6.07) is 14.6. The Morgan fingerprint density at radius 2 is 0.585 bits per heavy atom. The van der Waals surface area contributed by atoms with Crippen LogP contribution in [-0.4, -0.2) is 92.6 Å². The largest absolute Gasteiger partial charge is 4.00 e. The summed E-state index contributed by atoms with van der Waals surface area (Å²) in [6.45, 7) is 16.5. The molecule has 0 amide bonds. The number of hydrogen-bond donors (Lipinski definition) is 0. The van der Waals surface area contributed by atoms with Crippen LogP contribution < -0.4 is 87.4 Å². The molecule has 290 valence electrons. The van der Waals surface area contributed by atoms with Crippen LogP contribution in [0.3, 0.4) is 0 Å². The Morgan fingerprint density at radius 3 is 0.774 bits per heavy atom. The minimum Gasteiger partial charge on any atom is -1.00 e. The smallest absolute Gasteiger partial charge is 1.00 e. The summed E-state index contributed by atoms with van der Waals surface area (Å²) in [5.41, 5.74) is 17.3. The average molecular weight is 834 g/mol. The van der Waals surface area contributed by atoms with Crippen molar-refractivity contribution < 1.29 is 58.9 Å². The normalized spacial score (nSPS) is 10.7. The number of halogens is 3. The molecule has 53 heavy (non-hydrogen) atoms. The van der Waals surface area contributed by atoms with E-state index in [0.29, 0.717) is 0 Å². The number of benzene rings is 3. The summed E-state index contributed by atoms with van der Waals surface area (Å²) < 4.78 is 0. The maximum Gasteiger partial charge on any atom is 4.00 e. The predicted octanol–water partition coefficient (Wildman–Crippen LogP) is -3.65. The maximum absolute atomic E-state index is 3.07. The Labute approximate surface area is 357 Å². The van der Waals surface area contributed by atoms with E-state index in [9.17, 15) is 0 Å². The van der Waals surface area contributed by atoms with Gasteiger partial charge in [-0.2, -0.15) is 22.3 Å².